The lowest BCUT2D eigenvalue weighted by Gasteiger charge is -2.10. The molecule has 0 saturated carbocycles. The van der Waals surface area contributed by atoms with Gasteiger partial charge in [0.15, 0.2) is 0 Å². The topological polar surface area (TPSA) is 9.23 Å². The van der Waals surface area contributed by atoms with E-state index in [1.807, 2.05) is 0 Å². The minimum atomic E-state index is 0.795. The van der Waals surface area contributed by atoms with Crippen molar-refractivity contribution in [2.75, 3.05) is 13.7 Å². The lowest BCUT2D eigenvalue weighted by atomic mass is 10.0. The van der Waals surface area contributed by atoms with Crippen molar-refractivity contribution in [3.8, 4) is 0 Å². The Bertz CT molecular complexity index is 162. The molecule has 0 spiro atoms. The monoisotopic (exact) mass is 138 g/mol. The summed E-state index contributed by atoms with van der Waals surface area (Å²) in [6.07, 6.45) is 6.73. The van der Waals surface area contributed by atoms with Crippen LogP contribution in [-0.2, 0) is 4.74 Å². The second kappa shape index (κ2) is 3.57. The van der Waals surface area contributed by atoms with Crippen molar-refractivity contribution >= 4 is 0 Å². The van der Waals surface area contributed by atoms with Gasteiger partial charge in [-0.3, -0.25) is 0 Å². The van der Waals surface area contributed by atoms with Crippen LogP contribution in [0.1, 0.15) is 19.8 Å². The van der Waals surface area contributed by atoms with Gasteiger partial charge in [0.1, 0.15) is 0 Å². The molecule has 0 radical (unpaired) electrons. The van der Waals surface area contributed by atoms with Crippen LogP contribution in [0.25, 0.3) is 0 Å². The molecule has 0 heterocycles. The van der Waals surface area contributed by atoms with Gasteiger partial charge in [0.25, 0.3) is 0 Å². The Hall–Kier alpha value is -0.560. The van der Waals surface area contributed by atoms with Gasteiger partial charge in [-0.25, -0.2) is 0 Å². The molecule has 10 heavy (non-hydrogen) atoms. The van der Waals surface area contributed by atoms with Gasteiger partial charge < -0.3 is 4.74 Å². The molecule has 0 aromatic carbocycles. The van der Waals surface area contributed by atoms with Gasteiger partial charge in [0, 0.05) is 7.11 Å². The fourth-order valence-corrected chi connectivity index (χ4v) is 1.09. The summed E-state index contributed by atoms with van der Waals surface area (Å²) in [4.78, 5) is 0. The summed E-state index contributed by atoms with van der Waals surface area (Å²) < 4.78 is 5.02. The molecule has 1 rings (SSSR count). The van der Waals surface area contributed by atoms with Gasteiger partial charge in [-0.15, -0.1) is 0 Å². The molecular formula is C9H14O. The van der Waals surface area contributed by atoms with Crippen LogP contribution < -0.4 is 0 Å². The van der Waals surface area contributed by atoms with E-state index in [1.165, 1.54) is 24.0 Å². The van der Waals surface area contributed by atoms with Crippen LogP contribution in [0, 0.1) is 0 Å². The van der Waals surface area contributed by atoms with Gasteiger partial charge in [-0.05, 0) is 25.3 Å². The number of ether oxygens (including phenoxy) is 1. The molecule has 0 saturated heterocycles. The van der Waals surface area contributed by atoms with Gasteiger partial charge in [-0.2, -0.15) is 0 Å². The number of hydrogen-bond donors (Lipinski definition) is 0. The fourth-order valence-electron chi connectivity index (χ4n) is 1.09. The molecule has 56 valence electrons. The van der Waals surface area contributed by atoms with E-state index >= 15 is 0 Å². The van der Waals surface area contributed by atoms with E-state index < -0.39 is 0 Å². The average molecular weight is 138 g/mol. The van der Waals surface area contributed by atoms with E-state index in [-0.39, 0.29) is 0 Å². The Morgan fingerprint density at radius 1 is 1.40 bits per heavy atom. The van der Waals surface area contributed by atoms with Crippen molar-refractivity contribution in [2.24, 2.45) is 0 Å². The number of allylic oxidation sites excluding steroid dienone is 3. The second-order valence-electron chi connectivity index (χ2n) is 2.77. The van der Waals surface area contributed by atoms with E-state index in [0.29, 0.717) is 0 Å². The van der Waals surface area contributed by atoms with Gasteiger partial charge >= 0.3 is 0 Å². The smallest absolute Gasteiger partial charge is 0.0676 e. The summed E-state index contributed by atoms with van der Waals surface area (Å²) in [6.45, 7) is 2.96. The van der Waals surface area contributed by atoms with Crippen molar-refractivity contribution < 1.29 is 4.74 Å². The molecule has 0 fully saturated rings. The van der Waals surface area contributed by atoms with Crippen LogP contribution in [-0.4, -0.2) is 13.7 Å². The number of hydrogen-bond acceptors (Lipinski definition) is 1. The average Bonchev–Trinajstić information content (AvgIpc) is 1.95. The fraction of sp³-hybridized carbons (Fsp3) is 0.556. The molecule has 0 amide bonds. The predicted molar refractivity (Wildman–Crippen MR) is 43.0 cm³/mol. The summed E-state index contributed by atoms with van der Waals surface area (Å²) in [6, 6.07) is 0. The highest BCUT2D eigenvalue weighted by Crippen LogP contribution is 2.17. The van der Waals surface area contributed by atoms with E-state index in [1.54, 1.807) is 7.11 Å². The minimum absolute atomic E-state index is 0.795. The molecule has 0 aromatic rings. The quantitative estimate of drug-likeness (QED) is 0.569. The zero-order valence-corrected chi connectivity index (χ0v) is 6.68. The Labute approximate surface area is 62.4 Å². The number of methoxy groups -OCH3 is 1. The highest BCUT2D eigenvalue weighted by molar-refractivity contribution is 5.22. The first-order valence-electron chi connectivity index (χ1n) is 3.67. The zero-order valence-electron chi connectivity index (χ0n) is 6.68. The van der Waals surface area contributed by atoms with Crippen LogP contribution >= 0.6 is 0 Å². The summed E-state index contributed by atoms with van der Waals surface area (Å²) in [7, 11) is 1.74. The van der Waals surface area contributed by atoms with E-state index in [0.717, 1.165) is 6.61 Å². The molecule has 1 nitrogen and oxygen atoms in total. The Kier molecular flexibility index (Phi) is 2.69. The molecule has 0 aromatic heterocycles. The predicted octanol–water partition coefficient (Wildman–Crippen LogP) is 2.30. The highest BCUT2D eigenvalue weighted by Gasteiger charge is 2.01. The van der Waals surface area contributed by atoms with Crippen LogP contribution in [0.3, 0.4) is 0 Å². The molecule has 1 aliphatic rings. The van der Waals surface area contributed by atoms with Crippen molar-refractivity contribution in [3.05, 3.63) is 23.3 Å². The maximum Gasteiger partial charge on any atom is 0.0676 e. The van der Waals surface area contributed by atoms with Crippen LogP contribution in [0.2, 0.25) is 0 Å². The number of rotatable bonds is 2. The molecule has 0 atom stereocenters. The zero-order chi connectivity index (χ0) is 7.40. The molecule has 1 aliphatic carbocycles. The third-order valence-corrected chi connectivity index (χ3v) is 1.77. The normalized spacial score (nSPS) is 18.2. The van der Waals surface area contributed by atoms with Crippen molar-refractivity contribution in [3.63, 3.8) is 0 Å². The lowest BCUT2D eigenvalue weighted by Crippen LogP contribution is -1.97. The second-order valence-corrected chi connectivity index (χ2v) is 2.77. The Balaban J connectivity index is 2.47. The van der Waals surface area contributed by atoms with E-state index in [9.17, 15) is 0 Å². The van der Waals surface area contributed by atoms with Crippen LogP contribution in [0.5, 0.6) is 0 Å². The molecule has 0 unspecified atom stereocenters. The van der Waals surface area contributed by atoms with Crippen molar-refractivity contribution in [2.45, 2.75) is 19.8 Å². The highest BCUT2D eigenvalue weighted by atomic mass is 16.5. The van der Waals surface area contributed by atoms with E-state index in [2.05, 4.69) is 19.1 Å². The first-order valence-corrected chi connectivity index (χ1v) is 3.67. The summed E-state index contributed by atoms with van der Waals surface area (Å²) in [5.74, 6) is 0. The SMILES string of the molecule is COCC1=CC=C(C)CC1. The van der Waals surface area contributed by atoms with Gasteiger partial charge in [0.2, 0.25) is 0 Å². The molecule has 1 heteroatoms. The minimum Gasteiger partial charge on any atom is -0.380 e. The first kappa shape index (κ1) is 7.55. The van der Waals surface area contributed by atoms with Crippen molar-refractivity contribution in [1.82, 2.24) is 0 Å². The van der Waals surface area contributed by atoms with Gasteiger partial charge in [0.05, 0.1) is 6.61 Å². The van der Waals surface area contributed by atoms with Crippen LogP contribution in [0.15, 0.2) is 23.3 Å². The summed E-state index contributed by atoms with van der Waals surface area (Å²) >= 11 is 0. The lowest BCUT2D eigenvalue weighted by molar-refractivity contribution is 0.222. The maximum absolute atomic E-state index is 5.02. The van der Waals surface area contributed by atoms with Crippen LogP contribution in [0.4, 0.5) is 0 Å². The van der Waals surface area contributed by atoms with E-state index in [4.69, 9.17) is 4.74 Å². The van der Waals surface area contributed by atoms with Gasteiger partial charge in [-0.1, -0.05) is 17.7 Å². The molecule has 0 N–H and O–H groups in total. The molecular weight excluding hydrogens is 124 g/mol. The Morgan fingerprint density at radius 3 is 2.70 bits per heavy atom. The molecule has 0 bridgehead atoms. The summed E-state index contributed by atoms with van der Waals surface area (Å²) in [5.41, 5.74) is 2.88. The Morgan fingerprint density at radius 2 is 2.20 bits per heavy atom. The van der Waals surface area contributed by atoms with Crippen molar-refractivity contribution in [1.29, 1.82) is 0 Å². The third kappa shape index (κ3) is 1.99. The first-order chi connectivity index (χ1) is 4.83. The standard InChI is InChI=1S/C9H14O/c1-8-3-5-9(6-4-8)7-10-2/h3,5H,4,6-7H2,1-2H3. The third-order valence-electron chi connectivity index (χ3n) is 1.77. The maximum atomic E-state index is 5.02. The summed E-state index contributed by atoms with van der Waals surface area (Å²) in [5, 5.41) is 0. The largest absolute Gasteiger partial charge is 0.380 e. The molecule has 0 aliphatic heterocycles.